The van der Waals surface area contributed by atoms with Crippen molar-refractivity contribution in [1.82, 2.24) is 4.57 Å². The quantitative estimate of drug-likeness (QED) is 0.810. The first-order chi connectivity index (χ1) is 9.00. The van der Waals surface area contributed by atoms with E-state index in [1.807, 2.05) is 53.3 Å². The lowest BCUT2D eigenvalue weighted by Crippen LogP contribution is -2.18. The normalized spacial score (nSPS) is 10.8. The van der Waals surface area contributed by atoms with Crippen molar-refractivity contribution in [2.45, 2.75) is 19.9 Å². The maximum absolute atomic E-state index is 13.4. The van der Waals surface area contributed by atoms with Crippen molar-refractivity contribution in [3.63, 3.8) is 0 Å². The third-order valence-electron chi connectivity index (χ3n) is 2.77. The zero-order chi connectivity index (χ0) is 14.0. The molecule has 0 aliphatic carbocycles. The van der Waals surface area contributed by atoms with E-state index < -0.39 is 0 Å². The zero-order valence-corrected chi connectivity index (χ0v) is 12.8. The largest absolute Gasteiger partial charge is 0.341 e. The summed E-state index contributed by atoms with van der Waals surface area (Å²) in [7, 11) is 0. The van der Waals surface area contributed by atoms with Crippen LogP contribution in [-0.4, -0.2) is 10.5 Å². The topological polar surface area (TPSA) is 34.0 Å². The van der Waals surface area contributed by atoms with E-state index in [4.69, 9.17) is 0 Å². The average molecular weight is 372 g/mol. The molecule has 1 aromatic heterocycles. The maximum atomic E-state index is 13.4. The molecule has 5 heteroatoms. The first kappa shape index (κ1) is 14.0. The van der Waals surface area contributed by atoms with Gasteiger partial charge in [-0.1, -0.05) is 6.07 Å². The molecule has 1 heterocycles. The van der Waals surface area contributed by atoms with Crippen LogP contribution in [0.15, 0.2) is 36.5 Å². The van der Waals surface area contributed by atoms with Crippen LogP contribution in [-0.2, 0) is 0 Å². The molecule has 0 fully saturated rings. The predicted octanol–water partition coefficient (Wildman–Crippen LogP) is 4.07. The molecule has 1 aromatic carbocycles. The summed E-state index contributed by atoms with van der Waals surface area (Å²) < 4.78 is 15.7. The van der Waals surface area contributed by atoms with Crippen LogP contribution < -0.4 is 5.32 Å². The van der Waals surface area contributed by atoms with E-state index in [2.05, 4.69) is 5.32 Å². The molecule has 0 saturated heterocycles. The molecule has 100 valence electrons. The van der Waals surface area contributed by atoms with Gasteiger partial charge in [0.2, 0.25) is 0 Å². The van der Waals surface area contributed by atoms with Crippen LogP contribution in [0.1, 0.15) is 30.4 Å². The summed E-state index contributed by atoms with van der Waals surface area (Å²) in [6.07, 6.45) is 1.86. The Morgan fingerprint density at radius 2 is 2.05 bits per heavy atom. The lowest BCUT2D eigenvalue weighted by atomic mass is 10.3. The number of nitrogens with one attached hydrogen (secondary N) is 1. The molecule has 1 amide bonds. The number of carbonyl (C=O) groups is 1. The summed E-state index contributed by atoms with van der Waals surface area (Å²) in [4.78, 5) is 12.2. The zero-order valence-electron chi connectivity index (χ0n) is 10.7. The average Bonchev–Trinajstić information content (AvgIpc) is 2.84. The number of hydrogen-bond acceptors (Lipinski definition) is 1. The van der Waals surface area contributed by atoms with Gasteiger partial charge in [-0.25, -0.2) is 4.39 Å². The fourth-order valence-electron chi connectivity index (χ4n) is 1.82. The first-order valence-corrected chi connectivity index (χ1v) is 7.00. The summed E-state index contributed by atoms with van der Waals surface area (Å²) in [6, 6.07) is 8.41. The van der Waals surface area contributed by atoms with Crippen LogP contribution in [0, 0.1) is 9.39 Å². The molecule has 0 radical (unpaired) electrons. The molecule has 0 aliphatic heterocycles. The molecule has 2 aromatic rings. The monoisotopic (exact) mass is 372 g/mol. The molecule has 0 atom stereocenters. The number of halogens is 2. The van der Waals surface area contributed by atoms with Gasteiger partial charge < -0.3 is 9.88 Å². The smallest absolute Gasteiger partial charge is 0.272 e. The van der Waals surface area contributed by atoms with Gasteiger partial charge in [-0.2, -0.15) is 0 Å². The molecule has 0 spiro atoms. The second kappa shape index (κ2) is 5.73. The van der Waals surface area contributed by atoms with Gasteiger partial charge in [-0.3, -0.25) is 4.79 Å². The van der Waals surface area contributed by atoms with Crippen molar-refractivity contribution in [3.05, 3.63) is 51.6 Å². The van der Waals surface area contributed by atoms with Crippen LogP contribution in [0.3, 0.4) is 0 Å². The van der Waals surface area contributed by atoms with E-state index >= 15 is 0 Å². The highest BCUT2D eigenvalue weighted by atomic mass is 127. The van der Waals surface area contributed by atoms with E-state index in [0.29, 0.717) is 15.0 Å². The molecule has 2 rings (SSSR count). The van der Waals surface area contributed by atoms with Gasteiger partial charge in [-0.05, 0) is 60.7 Å². The predicted molar refractivity (Wildman–Crippen MR) is 81.9 cm³/mol. The Labute approximate surface area is 125 Å². The van der Waals surface area contributed by atoms with Crippen molar-refractivity contribution in [2.75, 3.05) is 5.32 Å². The molecule has 0 bridgehead atoms. The van der Waals surface area contributed by atoms with Crippen molar-refractivity contribution in [3.8, 4) is 0 Å². The molecular weight excluding hydrogens is 358 g/mol. The summed E-state index contributed by atoms with van der Waals surface area (Å²) >= 11 is 1.88. The van der Waals surface area contributed by atoms with E-state index in [1.165, 1.54) is 6.07 Å². The van der Waals surface area contributed by atoms with Crippen LogP contribution in [0.5, 0.6) is 0 Å². The van der Waals surface area contributed by atoms with Gasteiger partial charge >= 0.3 is 0 Å². The molecule has 0 unspecified atom stereocenters. The second-order valence-electron chi connectivity index (χ2n) is 4.45. The van der Waals surface area contributed by atoms with Crippen molar-refractivity contribution in [2.24, 2.45) is 0 Å². The van der Waals surface area contributed by atoms with Gasteiger partial charge in [-0.15, -0.1) is 0 Å². The maximum Gasteiger partial charge on any atom is 0.272 e. The molecule has 19 heavy (non-hydrogen) atoms. The summed E-state index contributed by atoms with van der Waals surface area (Å²) in [5.41, 5.74) is 1.05. The van der Waals surface area contributed by atoms with E-state index in [-0.39, 0.29) is 17.8 Å². The van der Waals surface area contributed by atoms with Crippen molar-refractivity contribution in [1.29, 1.82) is 0 Å². The van der Waals surface area contributed by atoms with Crippen LogP contribution >= 0.6 is 22.6 Å². The Balaban J connectivity index is 2.26. The fraction of sp³-hybridized carbons (Fsp3) is 0.214. The minimum absolute atomic E-state index is 0.197. The number of benzene rings is 1. The number of rotatable bonds is 3. The fourth-order valence-corrected chi connectivity index (χ4v) is 2.32. The summed E-state index contributed by atoms with van der Waals surface area (Å²) in [5, 5.41) is 2.74. The second-order valence-corrected chi connectivity index (χ2v) is 5.53. The van der Waals surface area contributed by atoms with Crippen molar-refractivity contribution < 1.29 is 9.18 Å². The minimum Gasteiger partial charge on any atom is -0.341 e. The Hall–Kier alpha value is -1.37. The minimum atomic E-state index is -0.336. The Bertz CT molecular complexity index is 607. The molecule has 1 N–H and O–H groups in total. The van der Waals surface area contributed by atoms with Crippen LogP contribution in [0.25, 0.3) is 0 Å². The van der Waals surface area contributed by atoms with Gasteiger partial charge in [0.05, 0.1) is 9.26 Å². The highest BCUT2D eigenvalue weighted by Crippen LogP contribution is 2.22. The number of amides is 1. The third kappa shape index (κ3) is 2.97. The number of anilines is 1. The SMILES string of the molecule is CC(C)n1cccc1C(=O)Nc1cccc(F)c1I. The number of carbonyl (C=O) groups excluding carboxylic acids is 1. The van der Waals surface area contributed by atoms with E-state index in [0.717, 1.165) is 0 Å². The standard InChI is InChI=1S/C14H14FIN2O/c1-9(2)18-8-4-7-12(18)14(19)17-11-6-3-5-10(15)13(11)16/h3-9H,1-2H3,(H,17,19). The highest BCUT2D eigenvalue weighted by Gasteiger charge is 2.14. The number of hydrogen-bond donors (Lipinski definition) is 1. The molecule has 3 nitrogen and oxygen atoms in total. The molecular formula is C14H14FIN2O. The molecule has 0 saturated carbocycles. The highest BCUT2D eigenvalue weighted by molar-refractivity contribution is 14.1. The van der Waals surface area contributed by atoms with E-state index in [1.54, 1.807) is 18.2 Å². The number of aromatic nitrogens is 1. The van der Waals surface area contributed by atoms with E-state index in [9.17, 15) is 9.18 Å². The van der Waals surface area contributed by atoms with Crippen molar-refractivity contribution >= 4 is 34.2 Å². The summed E-state index contributed by atoms with van der Waals surface area (Å²) in [5.74, 6) is -0.570. The van der Waals surface area contributed by atoms with Gasteiger partial charge in [0.25, 0.3) is 5.91 Å². The van der Waals surface area contributed by atoms with Gasteiger partial charge in [0, 0.05) is 12.2 Å². The molecule has 0 aliphatic rings. The van der Waals surface area contributed by atoms with Crippen LogP contribution in [0.2, 0.25) is 0 Å². The number of nitrogens with zero attached hydrogens (tertiary/aromatic N) is 1. The lowest BCUT2D eigenvalue weighted by Gasteiger charge is -2.13. The van der Waals surface area contributed by atoms with Gasteiger partial charge in [0.1, 0.15) is 11.5 Å². The third-order valence-corrected chi connectivity index (χ3v) is 3.86. The first-order valence-electron chi connectivity index (χ1n) is 5.93. The van der Waals surface area contributed by atoms with Crippen LogP contribution in [0.4, 0.5) is 10.1 Å². The Morgan fingerprint density at radius 3 is 2.74 bits per heavy atom. The van der Waals surface area contributed by atoms with Gasteiger partial charge in [0.15, 0.2) is 0 Å². The Kier molecular flexibility index (Phi) is 4.24. The summed E-state index contributed by atoms with van der Waals surface area (Å²) in [6.45, 7) is 4.01. The lowest BCUT2D eigenvalue weighted by molar-refractivity contribution is 0.101. The Morgan fingerprint density at radius 1 is 1.32 bits per heavy atom.